The Balaban J connectivity index is 2.04. The van der Waals surface area contributed by atoms with Gasteiger partial charge in [0.05, 0.1) is 6.04 Å². The van der Waals surface area contributed by atoms with Crippen LogP contribution < -0.4 is 11.1 Å². The summed E-state index contributed by atoms with van der Waals surface area (Å²) in [6.07, 6.45) is 0.948. The first-order valence-electron chi connectivity index (χ1n) is 7.04. The molecule has 2 unspecified atom stereocenters. The molecule has 1 fully saturated rings. The van der Waals surface area contributed by atoms with Crippen LogP contribution in [0.25, 0.3) is 0 Å². The van der Waals surface area contributed by atoms with E-state index in [2.05, 4.69) is 21.2 Å². The topological polar surface area (TPSA) is 75.4 Å². The van der Waals surface area contributed by atoms with Crippen LogP contribution in [0, 0.1) is 0 Å². The zero-order valence-electron chi connectivity index (χ0n) is 11.8. The highest BCUT2D eigenvalue weighted by molar-refractivity contribution is 9.09. The second kappa shape index (κ2) is 7.56. The van der Waals surface area contributed by atoms with Crippen molar-refractivity contribution in [2.75, 3.05) is 13.1 Å². The highest BCUT2D eigenvalue weighted by atomic mass is 79.9. The summed E-state index contributed by atoms with van der Waals surface area (Å²) in [5, 5.41) is 3.21. The lowest BCUT2D eigenvalue weighted by atomic mass is 10.1. The highest BCUT2D eigenvalue weighted by Gasteiger charge is 2.31. The summed E-state index contributed by atoms with van der Waals surface area (Å²) in [7, 11) is 0. The smallest absolute Gasteiger partial charge is 0.240 e. The lowest BCUT2D eigenvalue weighted by Gasteiger charge is -2.25. The van der Waals surface area contributed by atoms with E-state index in [1.165, 1.54) is 0 Å². The number of alkyl halides is 1. The molecule has 2 atom stereocenters. The molecule has 114 valence electrons. The second-order valence-electron chi connectivity index (χ2n) is 5.26. The maximum atomic E-state index is 12.6. The van der Waals surface area contributed by atoms with Crippen molar-refractivity contribution in [3.63, 3.8) is 0 Å². The van der Waals surface area contributed by atoms with Gasteiger partial charge in [-0.25, -0.2) is 0 Å². The number of amides is 2. The Hall–Kier alpha value is -1.40. The Morgan fingerprint density at radius 3 is 2.62 bits per heavy atom. The van der Waals surface area contributed by atoms with Gasteiger partial charge in [-0.15, -0.1) is 0 Å². The summed E-state index contributed by atoms with van der Waals surface area (Å²) >= 11 is 3.52. The number of nitrogens with zero attached hydrogens (tertiary/aromatic N) is 1. The van der Waals surface area contributed by atoms with Crippen LogP contribution in [0.2, 0.25) is 0 Å². The molecule has 1 aliphatic heterocycles. The van der Waals surface area contributed by atoms with Crippen molar-refractivity contribution in [3.8, 4) is 0 Å². The van der Waals surface area contributed by atoms with E-state index in [9.17, 15) is 9.59 Å². The van der Waals surface area contributed by atoms with Crippen LogP contribution >= 0.6 is 15.9 Å². The molecule has 1 aromatic carbocycles. The molecular formula is C15H20BrN3O2. The van der Waals surface area contributed by atoms with Crippen LogP contribution in [-0.4, -0.2) is 40.7 Å². The van der Waals surface area contributed by atoms with Crippen molar-refractivity contribution >= 4 is 27.7 Å². The third kappa shape index (κ3) is 4.82. The van der Waals surface area contributed by atoms with Gasteiger partial charge >= 0.3 is 0 Å². The quantitative estimate of drug-likeness (QED) is 0.749. The summed E-state index contributed by atoms with van der Waals surface area (Å²) in [5.41, 5.74) is 6.25. The minimum absolute atomic E-state index is 0.0297. The Bertz CT molecular complexity index is 495. The number of halogens is 1. The van der Waals surface area contributed by atoms with E-state index in [4.69, 9.17) is 5.73 Å². The van der Waals surface area contributed by atoms with E-state index in [1.54, 1.807) is 4.90 Å². The lowest BCUT2D eigenvalue weighted by Crippen LogP contribution is -2.44. The average molecular weight is 354 g/mol. The SMILES string of the molecule is NC(=O)CCN(Cc1ccccc1)C(=O)C1CC(Br)CN1. The van der Waals surface area contributed by atoms with Crippen LogP contribution in [0.4, 0.5) is 0 Å². The van der Waals surface area contributed by atoms with Crippen LogP contribution in [0.15, 0.2) is 30.3 Å². The molecule has 1 aromatic rings. The number of benzene rings is 1. The Morgan fingerprint density at radius 2 is 2.05 bits per heavy atom. The molecule has 6 heteroatoms. The zero-order valence-corrected chi connectivity index (χ0v) is 13.4. The molecule has 0 spiro atoms. The molecule has 0 bridgehead atoms. The molecule has 2 rings (SSSR count). The fourth-order valence-corrected chi connectivity index (χ4v) is 2.98. The van der Waals surface area contributed by atoms with E-state index < -0.39 is 5.91 Å². The fraction of sp³-hybridized carbons (Fsp3) is 0.467. The Kier molecular flexibility index (Phi) is 5.76. The van der Waals surface area contributed by atoms with Gasteiger partial charge in [-0.05, 0) is 12.0 Å². The van der Waals surface area contributed by atoms with Crippen molar-refractivity contribution in [2.24, 2.45) is 5.73 Å². The maximum Gasteiger partial charge on any atom is 0.240 e. The molecule has 0 aromatic heterocycles. The summed E-state index contributed by atoms with van der Waals surface area (Å²) in [6, 6.07) is 9.57. The molecular weight excluding hydrogens is 334 g/mol. The van der Waals surface area contributed by atoms with Crippen molar-refractivity contribution in [2.45, 2.75) is 30.3 Å². The Labute approximate surface area is 133 Å². The predicted molar refractivity (Wildman–Crippen MR) is 84.8 cm³/mol. The molecule has 0 saturated carbocycles. The largest absolute Gasteiger partial charge is 0.370 e. The minimum Gasteiger partial charge on any atom is -0.370 e. The summed E-state index contributed by atoms with van der Waals surface area (Å²) in [5.74, 6) is -0.360. The summed E-state index contributed by atoms with van der Waals surface area (Å²) < 4.78 is 0. The van der Waals surface area contributed by atoms with Gasteiger partial charge in [0, 0.05) is 30.9 Å². The molecule has 1 saturated heterocycles. The van der Waals surface area contributed by atoms with E-state index in [0.717, 1.165) is 18.5 Å². The van der Waals surface area contributed by atoms with E-state index in [1.807, 2.05) is 30.3 Å². The van der Waals surface area contributed by atoms with Crippen molar-refractivity contribution < 1.29 is 9.59 Å². The number of nitrogens with one attached hydrogen (secondary N) is 1. The van der Waals surface area contributed by atoms with E-state index in [0.29, 0.717) is 17.9 Å². The normalized spacial score (nSPS) is 21.2. The monoisotopic (exact) mass is 353 g/mol. The highest BCUT2D eigenvalue weighted by Crippen LogP contribution is 2.17. The number of primary amides is 1. The van der Waals surface area contributed by atoms with Gasteiger partial charge in [-0.2, -0.15) is 0 Å². The molecule has 5 nitrogen and oxygen atoms in total. The van der Waals surface area contributed by atoms with Crippen LogP contribution in [0.5, 0.6) is 0 Å². The molecule has 0 aliphatic carbocycles. The van der Waals surface area contributed by atoms with Crippen molar-refractivity contribution in [3.05, 3.63) is 35.9 Å². The molecule has 0 radical (unpaired) electrons. The first-order valence-corrected chi connectivity index (χ1v) is 7.96. The molecule has 1 heterocycles. The number of carbonyl (C=O) groups is 2. The number of nitrogens with two attached hydrogens (primary N) is 1. The first kappa shape index (κ1) is 16.0. The van der Waals surface area contributed by atoms with Gasteiger partial charge in [-0.1, -0.05) is 46.3 Å². The average Bonchev–Trinajstić information content (AvgIpc) is 2.90. The third-order valence-electron chi connectivity index (χ3n) is 3.53. The maximum absolute atomic E-state index is 12.6. The van der Waals surface area contributed by atoms with Gasteiger partial charge < -0.3 is 16.0 Å². The third-order valence-corrected chi connectivity index (χ3v) is 4.23. The summed E-state index contributed by atoms with van der Waals surface area (Å²) in [4.78, 5) is 25.6. The minimum atomic E-state index is -0.390. The fourth-order valence-electron chi connectivity index (χ4n) is 2.42. The second-order valence-corrected chi connectivity index (χ2v) is 6.55. The van der Waals surface area contributed by atoms with E-state index in [-0.39, 0.29) is 18.4 Å². The van der Waals surface area contributed by atoms with Crippen LogP contribution in [0.1, 0.15) is 18.4 Å². The predicted octanol–water partition coefficient (Wildman–Crippen LogP) is 1.02. The standard InChI is InChI=1S/C15H20BrN3O2/c16-12-8-13(18-9-12)15(21)19(7-6-14(17)20)10-11-4-2-1-3-5-11/h1-5,12-13,18H,6-10H2,(H2,17,20). The van der Waals surface area contributed by atoms with Crippen molar-refractivity contribution in [1.29, 1.82) is 0 Å². The molecule has 21 heavy (non-hydrogen) atoms. The zero-order chi connectivity index (χ0) is 15.2. The summed E-state index contributed by atoms with van der Waals surface area (Å²) in [6.45, 7) is 1.64. The first-order chi connectivity index (χ1) is 10.1. The van der Waals surface area contributed by atoms with Gasteiger partial charge in [-0.3, -0.25) is 9.59 Å². The number of hydrogen-bond donors (Lipinski definition) is 2. The van der Waals surface area contributed by atoms with Gasteiger partial charge in [0.15, 0.2) is 0 Å². The van der Waals surface area contributed by atoms with Gasteiger partial charge in [0.1, 0.15) is 0 Å². The lowest BCUT2D eigenvalue weighted by molar-refractivity contribution is -0.134. The van der Waals surface area contributed by atoms with Crippen LogP contribution in [-0.2, 0) is 16.1 Å². The van der Waals surface area contributed by atoms with Crippen molar-refractivity contribution in [1.82, 2.24) is 10.2 Å². The molecule has 1 aliphatic rings. The van der Waals surface area contributed by atoms with Crippen LogP contribution in [0.3, 0.4) is 0 Å². The van der Waals surface area contributed by atoms with E-state index >= 15 is 0 Å². The Morgan fingerprint density at radius 1 is 1.33 bits per heavy atom. The molecule has 3 N–H and O–H groups in total. The van der Waals surface area contributed by atoms with Gasteiger partial charge in [0.25, 0.3) is 0 Å². The molecule has 2 amide bonds. The number of hydrogen-bond acceptors (Lipinski definition) is 3. The van der Waals surface area contributed by atoms with Gasteiger partial charge in [0.2, 0.25) is 11.8 Å². The number of carbonyl (C=O) groups excluding carboxylic acids is 2. The number of rotatable bonds is 6.